The van der Waals surface area contributed by atoms with Gasteiger partial charge in [-0.25, -0.2) is 0 Å². The molecule has 23 heavy (non-hydrogen) atoms. The normalized spacial score (nSPS) is 26.3. The molecular formula is C19H18N4. The van der Waals surface area contributed by atoms with Gasteiger partial charge in [-0.2, -0.15) is 10.5 Å². The molecule has 2 aromatic rings. The third-order valence-corrected chi connectivity index (χ3v) is 5.57. The number of hydrogen-bond acceptors (Lipinski definition) is 3. The topological polar surface area (TPSA) is 64.5 Å². The summed E-state index contributed by atoms with van der Waals surface area (Å²) in [6.45, 7) is 4.93. The van der Waals surface area contributed by atoms with Crippen LogP contribution in [0.5, 0.6) is 0 Å². The molecule has 0 aliphatic carbocycles. The van der Waals surface area contributed by atoms with Gasteiger partial charge in [0, 0.05) is 5.39 Å². The van der Waals surface area contributed by atoms with Crippen LogP contribution >= 0.6 is 0 Å². The molecule has 114 valence electrons. The van der Waals surface area contributed by atoms with Gasteiger partial charge in [-0.3, -0.25) is 5.32 Å². The fourth-order valence-corrected chi connectivity index (χ4v) is 4.37. The highest BCUT2D eigenvalue weighted by Crippen LogP contribution is 2.52. The van der Waals surface area contributed by atoms with Gasteiger partial charge >= 0.3 is 0 Å². The maximum absolute atomic E-state index is 10.0. The number of benzene rings is 1. The molecule has 1 fully saturated rings. The fraction of sp³-hybridized carbons (Fsp3) is 0.368. The minimum Gasteiger partial charge on any atom is -0.321 e. The summed E-state index contributed by atoms with van der Waals surface area (Å²) in [6, 6.07) is 13.2. The van der Waals surface area contributed by atoms with Crippen molar-refractivity contribution in [3.8, 4) is 12.1 Å². The van der Waals surface area contributed by atoms with E-state index in [1.54, 1.807) is 0 Å². The zero-order valence-electron chi connectivity index (χ0n) is 13.3. The average Bonchev–Trinajstić information content (AvgIpc) is 2.89. The van der Waals surface area contributed by atoms with Gasteiger partial charge in [-0.15, -0.1) is 0 Å². The zero-order valence-corrected chi connectivity index (χ0v) is 13.3. The van der Waals surface area contributed by atoms with E-state index in [4.69, 9.17) is 0 Å². The Balaban J connectivity index is 2.18. The van der Waals surface area contributed by atoms with Gasteiger partial charge in [0.25, 0.3) is 0 Å². The first-order valence-electron chi connectivity index (χ1n) is 8.01. The Hall–Kier alpha value is -2.56. The molecule has 0 spiro atoms. The van der Waals surface area contributed by atoms with E-state index < -0.39 is 5.41 Å². The van der Waals surface area contributed by atoms with Gasteiger partial charge < -0.3 is 4.57 Å². The molecule has 0 bridgehead atoms. The average molecular weight is 302 g/mol. The van der Waals surface area contributed by atoms with E-state index in [2.05, 4.69) is 41.1 Å². The predicted octanol–water partition coefficient (Wildman–Crippen LogP) is 3.65. The van der Waals surface area contributed by atoms with Gasteiger partial charge in [0.2, 0.25) is 0 Å². The second-order valence-corrected chi connectivity index (χ2v) is 6.52. The Kier molecular flexibility index (Phi) is 2.88. The zero-order chi connectivity index (χ0) is 16.2. The highest BCUT2D eigenvalue weighted by molar-refractivity contribution is 5.94. The highest BCUT2D eigenvalue weighted by atomic mass is 15.2. The minimum atomic E-state index is -0.634. The number of aromatic nitrogens is 1. The summed E-state index contributed by atoms with van der Waals surface area (Å²) < 4.78 is 2.19. The van der Waals surface area contributed by atoms with E-state index in [1.165, 1.54) is 0 Å². The second-order valence-electron chi connectivity index (χ2n) is 6.52. The molecule has 1 saturated heterocycles. The van der Waals surface area contributed by atoms with Crippen molar-refractivity contribution in [1.82, 2.24) is 9.88 Å². The molecule has 2 aliphatic rings. The van der Waals surface area contributed by atoms with Gasteiger partial charge in [0.15, 0.2) is 0 Å². The Morgan fingerprint density at radius 3 is 2.78 bits per heavy atom. The molecule has 0 saturated carbocycles. The van der Waals surface area contributed by atoms with E-state index in [0.29, 0.717) is 5.57 Å². The van der Waals surface area contributed by atoms with Gasteiger partial charge in [-0.1, -0.05) is 18.2 Å². The summed E-state index contributed by atoms with van der Waals surface area (Å²) in [5.41, 5.74) is 4.13. The van der Waals surface area contributed by atoms with Crippen LogP contribution in [0, 0.1) is 35.0 Å². The Labute approximate surface area is 135 Å². The fourth-order valence-electron chi connectivity index (χ4n) is 4.37. The molecule has 0 radical (unpaired) electrons. The van der Waals surface area contributed by atoms with Gasteiger partial charge in [0.05, 0.1) is 22.9 Å². The molecule has 1 aromatic heterocycles. The smallest absolute Gasteiger partial charge is 0.114 e. The molecular weight excluding hydrogens is 284 g/mol. The number of hydrogen-bond donors (Lipinski definition) is 1. The predicted molar refractivity (Wildman–Crippen MR) is 89.2 cm³/mol. The highest BCUT2D eigenvalue weighted by Gasteiger charge is 2.49. The Bertz CT molecular complexity index is 935. The maximum atomic E-state index is 10.0. The van der Waals surface area contributed by atoms with E-state index in [9.17, 15) is 10.5 Å². The molecule has 0 amide bonds. The molecule has 4 heteroatoms. The first-order chi connectivity index (χ1) is 11.2. The molecule has 3 heterocycles. The van der Waals surface area contributed by atoms with Gasteiger partial charge in [0.1, 0.15) is 17.6 Å². The van der Waals surface area contributed by atoms with Crippen LogP contribution in [-0.4, -0.2) is 11.1 Å². The van der Waals surface area contributed by atoms with Gasteiger partial charge in [-0.05, 0) is 50.4 Å². The summed E-state index contributed by atoms with van der Waals surface area (Å²) in [7, 11) is 0. The van der Waals surface area contributed by atoms with Crippen molar-refractivity contribution in [3.05, 3.63) is 41.1 Å². The van der Waals surface area contributed by atoms with Crippen LogP contribution in [0.4, 0.5) is 0 Å². The quantitative estimate of drug-likeness (QED) is 0.808. The number of rotatable bonds is 0. The van der Waals surface area contributed by atoms with Crippen LogP contribution in [0.2, 0.25) is 0 Å². The third kappa shape index (κ3) is 1.57. The lowest BCUT2D eigenvalue weighted by molar-refractivity contribution is 0.178. The van der Waals surface area contributed by atoms with E-state index >= 15 is 0 Å². The molecule has 0 unspecified atom stereocenters. The number of piperidine rings is 1. The number of allylic oxidation sites excluding steroid dienone is 1. The van der Waals surface area contributed by atoms with Crippen molar-refractivity contribution < 1.29 is 0 Å². The summed E-state index contributed by atoms with van der Waals surface area (Å²) in [4.78, 5) is 0. The maximum Gasteiger partial charge on any atom is 0.114 e. The van der Waals surface area contributed by atoms with Crippen molar-refractivity contribution in [2.45, 2.75) is 32.9 Å². The van der Waals surface area contributed by atoms with Crippen molar-refractivity contribution in [2.24, 2.45) is 5.41 Å². The van der Waals surface area contributed by atoms with Crippen molar-refractivity contribution in [1.29, 1.82) is 10.5 Å². The van der Waals surface area contributed by atoms with Crippen molar-refractivity contribution >= 4 is 16.5 Å². The van der Waals surface area contributed by atoms with E-state index in [0.717, 1.165) is 47.1 Å². The Morgan fingerprint density at radius 2 is 2.04 bits per heavy atom. The number of para-hydroxylation sites is 1. The second kappa shape index (κ2) is 4.72. The summed E-state index contributed by atoms with van der Waals surface area (Å²) in [5, 5.41) is 24.5. The lowest BCUT2D eigenvalue weighted by Gasteiger charge is -2.45. The Morgan fingerprint density at radius 1 is 1.26 bits per heavy atom. The first kappa shape index (κ1) is 14.1. The lowest BCUT2D eigenvalue weighted by atomic mass is 9.69. The molecule has 2 aliphatic heterocycles. The SMILES string of the molecule is CC1=C(C#N)c2c(C)c3ccccc3n2[C@H]2NCCC[C@@]12C#N. The number of nitrogens with zero attached hydrogens (tertiary/aromatic N) is 3. The largest absolute Gasteiger partial charge is 0.321 e. The summed E-state index contributed by atoms with van der Waals surface area (Å²) >= 11 is 0. The molecule has 1 aromatic carbocycles. The van der Waals surface area contributed by atoms with E-state index in [1.807, 2.05) is 19.1 Å². The number of fused-ring (bicyclic) bond motifs is 5. The standard InChI is InChI=1S/C19H18N4/c1-12-14-6-3-4-7-16(14)23-17(12)15(10-20)13(2)19(11-21)8-5-9-22-18(19)23/h3-4,6-7,18,22H,5,8-9H2,1-2H3/t18-,19-/m1/s1. The number of nitriles is 2. The third-order valence-electron chi connectivity index (χ3n) is 5.57. The van der Waals surface area contributed by atoms with Crippen LogP contribution in [0.25, 0.3) is 16.5 Å². The van der Waals surface area contributed by atoms with Crippen LogP contribution in [0.3, 0.4) is 0 Å². The lowest BCUT2D eigenvalue weighted by Crippen LogP contribution is -2.49. The number of aryl methyl sites for hydroxylation is 1. The van der Waals surface area contributed by atoms with Crippen LogP contribution in [0.1, 0.15) is 37.2 Å². The van der Waals surface area contributed by atoms with Crippen molar-refractivity contribution in [3.63, 3.8) is 0 Å². The van der Waals surface area contributed by atoms with Crippen LogP contribution in [-0.2, 0) is 0 Å². The van der Waals surface area contributed by atoms with Crippen LogP contribution < -0.4 is 5.32 Å². The molecule has 4 nitrogen and oxygen atoms in total. The minimum absolute atomic E-state index is 0.105. The van der Waals surface area contributed by atoms with Crippen LogP contribution in [0.15, 0.2) is 29.8 Å². The van der Waals surface area contributed by atoms with Crippen molar-refractivity contribution in [2.75, 3.05) is 6.54 Å². The molecule has 1 N–H and O–H groups in total. The molecule has 2 atom stereocenters. The monoisotopic (exact) mass is 302 g/mol. The molecule has 4 rings (SSSR count). The first-order valence-corrected chi connectivity index (χ1v) is 8.01. The summed E-state index contributed by atoms with van der Waals surface area (Å²) in [6.07, 6.45) is 1.64. The number of nitrogens with one attached hydrogen (secondary N) is 1. The van der Waals surface area contributed by atoms with E-state index in [-0.39, 0.29) is 6.17 Å². The summed E-state index contributed by atoms with van der Waals surface area (Å²) in [5.74, 6) is 0.